The minimum absolute atomic E-state index is 0.0487. The van der Waals surface area contributed by atoms with Gasteiger partial charge in [0, 0.05) is 0 Å². The number of hydrogen-bond donors (Lipinski definition) is 1. The van der Waals surface area contributed by atoms with Gasteiger partial charge in [0.05, 0.1) is 13.7 Å². The topological polar surface area (TPSA) is 75.7 Å². The quantitative estimate of drug-likeness (QED) is 0.505. The molecule has 0 aliphatic carbocycles. The maximum atomic E-state index is 12.0. The van der Waals surface area contributed by atoms with Gasteiger partial charge in [0.15, 0.2) is 0 Å². The third-order valence-electron chi connectivity index (χ3n) is 2.83. The van der Waals surface area contributed by atoms with Crippen LogP contribution in [0.2, 0.25) is 0 Å². The Balaban J connectivity index is 2.22. The van der Waals surface area contributed by atoms with Gasteiger partial charge in [-0.3, -0.25) is 19.8 Å². The van der Waals surface area contributed by atoms with E-state index >= 15 is 0 Å². The van der Waals surface area contributed by atoms with Gasteiger partial charge >= 0.3 is 6.03 Å². The van der Waals surface area contributed by atoms with Gasteiger partial charge < -0.3 is 4.74 Å². The predicted octanol–water partition coefficient (Wildman–Crippen LogP) is 0.985. The van der Waals surface area contributed by atoms with Crippen LogP contribution in [0.15, 0.2) is 42.1 Å². The number of barbiturate groups is 1. The molecule has 0 aromatic heterocycles. The molecule has 1 aromatic rings. The van der Waals surface area contributed by atoms with E-state index in [-0.39, 0.29) is 12.1 Å². The first kappa shape index (κ1) is 13.6. The smallest absolute Gasteiger partial charge is 0.331 e. The molecule has 1 N–H and O–H groups in total. The van der Waals surface area contributed by atoms with E-state index in [1.54, 1.807) is 31.4 Å². The number of urea groups is 1. The number of benzene rings is 1. The number of methoxy groups -OCH3 is 1. The van der Waals surface area contributed by atoms with E-state index in [1.165, 1.54) is 0 Å². The van der Waals surface area contributed by atoms with Gasteiger partial charge in [-0.15, -0.1) is 5.73 Å². The van der Waals surface area contributed by atoms with Crippen molar-refractivity contribution < 1.29 is 19.1 Å². The van der Waals surface area contributed by atoms with Crippen LogP contribution < -0.4 is 10.1 Å². The summed E-state index contributed by atoms with van der Waals surface area (Å²) in [6.07, 6.45) is 0. The molecular weight excluding hydrogens is 260 g/mol. The molecule has 0 saturated carbocycles. The van der Waals surface area contributed by atoms with Crippen molar-refractivity contribution in [1.29, 1.82) is 0 Å². The second-order valence-corrected chi connectivity index (χ2v) is 4.05. The van der Waals surface area contributed by atoms with Gasteiger partial charge in [-0.1, -0.05) is 18.7 Å². The number of ether oxygens (including phenoxy) is 1. The molecule has 20 heavy (non-hydrogen) atoms. The minimum Gasteiger partial charge on any atom is -0.497 e. The molecule has 0 spiro atoms. The Morgan fingerprint density at radius 1 is 1.25 bits per heavy atom. The standard InChI is InChI=1S/C14H12N2O4/c1-3-11-12(17)15-14(19)16(13(11)18)8-9-4-6-10(20-2)7-5-9/h4-7H,1,8H2,2H3,(H,15,17,19). The lowest BCUT2D eigenvalue weighted by atomic mass is 10.1. The zero-order chi connectivity index (χ0) is 14.7. The highest BCUT2D eigenvalue weighted by Gasteiger charge is 2.35. The molecular formula is C14H12N2O4. The van der Waals surface area contributed by atoms with Crippen LogP contribution in [-0.4, -0.2) is 29.9 Å². The fourth-order valence-electron chi connectivity index (χ4n) is 1.76. The number of rotatable bonds is 3. The van der Waals surface area contributed by atoms with Gasteiger partial charge in [-0.05, 0) is 17.7 Å². The number of imide groups is 2. The lowest BCUT2D eigenvalue weighted by molar-refractivity contribution is -0.130. The molecule has 1 saturated heterocycles. The number of nitrogens with one attached hydrogen (secondary N) is 1. The van der Waals surface area contributed by atoms with E-state index in [9.17, 15) is 14.4 Å². The summed E-state index contributed by atoms with van der Waals surface area (Å²) in [5.74, 6) is -0.810. The molecule has 1 fully saturated rings. The second-order valence-electron chi connectivity index (χ2n) is 4.05. The van der Waals surface area contributed by atoms with E-state index in [2.05, 4.69) is 17.6 Å². The zero-order valence-electron chi connectivity index (χ0n) is 10.8. The Hall–Kier alpha value is -2.85. The largest absolute Gasteiger partial charge is 0.497 e. The van der Waals surface area contributed by atoms with Crippen LogP contribution in [0.5, 0.6) is 5.75 Å². The third kappa shape index (κ3) is 2.46. The Morgan fingerprint density at radius 2 is 1.90 bits per heavy atom. The molecule has 1 heterocycles. The average molecular weight is 272 g/mol. The molecule has 1 aliphatic rings. The highest BCUT2D eigenvalue weighted by atomic mass is 16.5. The first-order valence-electron chi connectivity index (χ1n) is 5.77. The second kappa shape index (κ2) is 5.42. The Labute approximate surface area is 115 Å². The lowest BCUT2D eigenvalue weighted by Gasteiger charge is -2.25. The lowest BCUT2D eigenvalue weighted by Crippen LogP contribution is -2.53. The van der Waals surface area contributed by atoms with Gasteiger partial charge in [-0.25, -0.2) is 4.79 Å². The van der Waals surface area contributed by atoms with E-state index in [0.29, 0.717) is 5.75 Å². The Bertz CT molecular complexity index is 627. The molecule has 6 heteroatoms. The van der Waals surface area contributed by atoms with Crippen molar-refractivity contribution in [3.8, 4) is 5.75 Å². The van der Waals surface area contributed by atoms with E-state index < -0.39 is 17.8 Å². The average Bonchev–Trinajstić information content (AvgIpc) is 2.44. The van der Waals surface area contributed by atoms with E-state index in [4.69, 9.17) is 4.74 Å². The number of hydrogen-bond acceptors (Lipinski definition) is 4. The Kier molecular flexibility index (Phi) is 3.68. The molecule has 0 radical (unpaired) electrons. The summed E-state index contributed by atoms with van der Waals surface area (Å²) in [6.45, 7) is 3.32. The third-order valence-corrected chi connectivity index (χ3v) is 2.83. The monoisotopic (exact) mass is 272 g/mol. The van der Waals surface area contributed by atoms with Gasteiger partial charge in [0.25, 0.3) is 11.8 Å². The molecule has 2 rings (SSSR count). The van der Waals surface area contributed by atoms with Crippen LogP contribution in [0.3, 0.4) is 0 Å². The van der Waals surface area contributed by atoms with Crippen molar-refractivity contribution in [1.82, 2.24) is 10.2 Å². The maximum Gasteiger partial charge on any atom is 0.331 e. The predicted molar refractivity (Wildman–Crippen MR) is 69.7 cm³/mol. The molecule has 4 amide bonds. The van der Waals surface area contributed by atoms with Crippen LogP contribution in [0.25, 0.3) is 0 Å². The number of carbonyl (C=O) groups excluding carboxylic acids is 3. The Morgan fingerprint density at radius 3 is 2.45 bits per heavy atom. The van der Waals surface area contributed by atoms with Gasteiger partial charge in [0.2, 0.25) is 0 Å². The van der Waals surface area contributed by atoms with Crippen LogP contribution in [-0.2, 0) is 16.1 Å². The summed E-state index contributed by atoms with van der Waals surface area (Å²) < 4.78 is 5.02. The fourth-order valence-corrected chi connectivity index (χ4v) is 1.76. The SMILES string of the molecule is C=C=C1C(=O)NC(=O)N(Cc2ccc(OC)cc2)C1=O. The van der Waals surface area contributed by atoms with Crippen molar-refractivity contribution >= 4 is 17.8 Å². The highest BCUT2D eigenvalue weighted by molar-refractivity contribution is 6.28. The minimum atomic E-state index is -0.777. The molecule has 0 unspecified atom stereocenters. The van der Waals surface area contributed by atoms with Crippen molar-refractivity contribution in [2.24, 2.45) is 0 Å². The molecule has 1 aromatic carbocycles. The normalized spacial score (nSPS) is 14.9. The maximum absolute atomic E-state index is 12.0. The van der Waals surface area contributed by atoms with Crippen LogP contribution in [0, 0.1) is 0 Å². The van der Waals surface area contributed by atoms with Crippen LogP contribution >= 0.6 is 0 Å². The van der Waals surface area contributed by atoms with Crippen LogP contribution in [0.1, 0.15) is 5.56 Å². The molecule has 0 bridgehead atoms. The number of amides is 4. The number of carbonyl (C=O) groups is 3. The fraction of sp³-hybridized carbons (Fsp3) is 0.143. The summed E-state index contributed by atoms with van der Waals surface area (Å²) in [5.41, 5.74) is 2.71. The van der Waals surface area contributed by atoms with Crippen LogP contribution in [0.4, 0.5) is 4.79 Å². The van der Waals surface area contributed by atoms with Crippen molar-refractivity contribution in [2.75, 3.05) is 7.11 Å². The molecule has 1 aliphatic heterocycles. The summed E-state index contributed by atoms with van der Waals surface area (Å²) in [5, 5.41) is 2.07. The summed E-state index contributed by atoms with van der Waals surface area (Å²) in [7, 11) is 1.55. The number of nitrogens with zero attached hydrogens (tertiary/aromatic N) is 1. The summed E-state index contributed by atoms with van der Waals surface area (Å²) in [4.78, 5) is 36.0. The van der Waals surface area contributed by atoms with Crippen molar-refractivity contribution in [2.45, 2.75) is 6.54 Å². The first-order chi connectivity index (χ1) is 9.56. The summed E-state index contributed by atoms with van der Waals surface area (Å²) in [6, 6.07) is 6.14. The van der Waals surface area contributed by atoms with Crippen molar-refractivity contribution in [3.63, 3.8) is 0 Å². The molecule has 102 valence electrons. The highest BCUT2D eigenvalue weighted by Crippen LogP contribution is 2.16. The van der Waals surface area contributed by atoms with Gasteiger partial charge in [0.1, 0.15) is 11.3 Å². The van der Waals surface area contributed by atoms with E-state index in [1.807, 2.05) is 0 Å². The van der Waals surface area contributed by atoms with Gasteiger partial charge in [-0.2, -0.15) is 0 Å². The zero-order valence-corrected chi connectivity index (χ0v) is 10.8. The molecule has 6 nitrogen and oxygen atoms in total. The van der Waals surface area contributed by atoms with Crippen molar-refractivity contribution in [3.05, 3.63) is 47.7 Å². The first-order valence-corrected chi connectivity index (χ1v) is 5.77. The molecule has 0 atom stereocenters. The summed E-state index contributed by atoms with van der Waals surface area (Å²) >= 11 is 0. The van der Waals surface area contributed by atoms with E-state index in [0.717, 1.165) is 10.5 Å².